The Kier molecular flexibility index (Phi) is 5.33. The maximum absolute atomic E-state index is 11.5. The molecule has 0 fully saturated rings. The van der Waals surface area contributed by atoms with Gasteiger partial charge in [-0.2, -0.15) is 5.10 Å². The number of rotatable bonds is 5. The normalized spacial score (nSPS) is 13.5. The topological polar surface area (TPSA) is 53.9 Å². The van der Waals surface area contributed by atoms with E-state index in [2.05, 4.69) is 41.6 Å². The van der Waals surface area contributed by atoms with Gasteiger partial charge in [-0.05, 0) is 43.7 Å². The molecule has 3 rings (SSSR count). The fourth-order valence-electron chi connectivity index (χ4n) is 2.70. The number of hydrogen-bond donors (Lipinski definition) is 1. The van der Waals surface area contributed by atoms with E-state index in [1.165, 1.54) is 5.56 Å². The van der Waals surface area contributed by atoms with Gasteiger partial charge in [-0.3, -0.25) is 9.80 Å². The lowest BCUT2D eigenvalue weighted by molar-refractivity contribution is -0.142. The number of nitrogens with zero attached hydrogens (tertiary/aromatic N) is 2. The Morgan fingerprint density at radius 2 is 1.88 bits per heavy atom. The van der Waals surface area contributed by atoms with Crippen LogP contribution in [0.1, 0.15) is 24.5 Å². The maximum atomic E-state index is 11.5. The van der Waals surface area contributed by atoms with Gasteiger partial charge in [0.05, 0.1) is 18.7 Å². The van der Waals surface area contributed by atoms with Gasteiger partial charge < -0.3 is 10.1 Å². The third-order valence-electron chi connectivity index (χ3n) is 4.03. The first-order valence-electron chi connectivity index (χ1n) is 8.57. The first-order chi connectivity index (χ1) is 12.1. The zero-order chi connectivity index (χ0) is 17.6. The van der Waals surface area contributed by atoms with Crippen LogP contribution in [0.2, 0.25) is 0 Å². The lowest BCUT2D eigenvalue weighted by Gasteiger charge is -2.13. The molecule has 0 aliphatic carbocycles. The summed E-state index contributed by atoms with van der Waals surface area (Å²) in [6.45, 7) is 5.17. The molecule has 0 radical (unpaired) electrons. The van der Waals surface area contributed by atoms with Crippen LogP contribution in [0.3, 0.4) is 0 Å². The predicted molar refractivity (Wildman–Crippen MR) is 101 cm³/mol. The third-order valence-corrected chi connectivity index (χ3v) is 4.03. The molecule has 0 spiro atoms. The lowest BCUT2D eigenvalue weighted by Crippen LogP contribution is -2.11. The van der Waals surface area contributed by atoms with Crippen LogP contribution in [-0.4, -0.2) is 25.0 Å². The first kappa shape index (κ1) is 17.0. The summed E-state index contributed by atoms with van der Waals surface area (Å²) in [6.07, 6.45) is 1.18. The summed E-state index contributed by atoms with van der Waals surface area (Å²) in [6, 6.07) is 16.2. The van der Waals surface area contributed by atoms with E-state index in [1.54, 1.807) is 0 Å². The molecule has 0 saturated carbocycles. The fraction of sp³-hybridized carbons (Fsp3) is 0.300. The van der Waals surface area contributed by atoms with Crippen molar-refractivity contribution in [2.75, 3.05) is 23.5 Å². The number of amidine groups is 1. The van der Waals surface area contributed by atoms with E-state index in [0.717, 1.165) is 35.7 Å². The molecule has 130 valence electrons. The Morgan fingerprint density at radius 1 is 1.16 bits per heavy atom. The molecular weight excluding hydrogens is 314 g/mol. The van der Waals surface area contributed by atoms with Gasteiger partial charge in [0.25, 0.3) is 0 Å². The quantitative estimate of drug-likeness (QED) is 0.845. The number of esters is 1. The molecule has 1 N–H and O–H groups in total. The van der Waals surface area contributed by atoms with Crippen LogP contribution in [0.4, 0.5) is 11.4 Å². The molecule has 2 aromatic rings. The number of aryl methyl sites for hydroxylation is 1. The molecule has 2 aromatic carbocycles. The van der Waals surface area contributed by atoms with Crippen LogP contribution in [0, 0.1) is 6.92 Å². The molecule has 0 amide bonds. The third kappa shape index (κ3) is 4.59. The number of ether oxygens (including phenoxy) is 1. The number of carbonyl (C=O) groups excluding carboxylic acids is 1. The first-order valence-corrected chi connectivity index (χ1v) is 8.57. The van der Waals surface area contributed by atoms with Crippen molar-refractivity contribution in [3.63, 3.8) is 0 Å². The maximum Gasteiger partial charge on any atom is 0.310 e. The van der Waals surface area contributed by atoms with Crippen molar-refractivity contribution in [3.05, 3.63) is 59.7 Å². The van der Waals surface area contributed by atoms with Crippen LogP contribution >= 0.6 is 0 Å². The Bertz CT molecular complexity index is 752. The van der Waals surface area contributed by atoms with Gasteiger partial charge in [0.1, 0.15) is 5.84 Å². The fourth-order valence-corrected chi connectivity index (χ4v) is 2.70. The molecule has 25 heavy (non-hydrogen) atoms. The average Bonchev–Trinajstić information content (AvgIpc) is 3.06. The van der Waals surface area contributed by atoms with Crippen molar-refractivity contribution in [1.82, 2.24) is 0 Å². The standard InChI is InChI=1S/C20H23N3O2/c1-3-25-20(24)14-16-6-8-17(9-7-16)21-19-12-13-23(22-19)18-10-4-15(2)5-11-18/h4-11H,3,12-14H2,1-2H3,(H,21,22). The highest BCUT2D eigenvalue weighted by molar-refractivity contribution is 5.97. The van der Waals surface area contributed by atoms with E-state index in [9.17, 15) is 4.79 Å². The Labute approximate surface area is 148 Å². The minimum absolute atomic E-state index is 0.197. The van der Waals surface area contributed by atoms with Crippen LogP contribution < -0.4 is 10.3 Å². The number of hydrazone groups is 1. The Morgan fingerprint density at radius 3 is 2.56 bits per heavy atom. The summed E-state index contributed by atoms with van der Waals surface area (Å²) in [4.78, 5) is 11.5. The summed E-state index contributed by atoms with van der Waals surface area (Å²) in [5.74, 6) is 0.746. The van der Waals surface area contributed by atoms with Gasteiger partial charge in [0.2, 0.25) is 0 Å². The SMILES string of the molecule is CCOC(=O)Cc1ccc(NC2=NN(c3ccc(C)cc3)CC2)cc1. The molecular formula is C20H23N3O2. The number of anilines is 2. The monoisotopic (exact) mass is 337 g/mol. The Hall–Kier alpha value is -2.82. The second kappa shape index (κ2) is 7.83. The number of hydrogen-bond acceptors (Lipinski definition) is 5. The summed E-state index contributed by atoms with van der Waals surface area (Å²) < 4.78 is 4.97. The smallest absolute Gasteiger partial charge is 0.310 e. The Balaban J connectivity index is 1.60. The average molecular weight is 337 g/mol. The van der Waals surface area contributed by atoms with E-state index in [4.69, 9.17) is 4.74 Å². The molecule has 0 unspecified atom stereocenters. The van der Waals surface area contributed by atoms with Gasteiger partial charge in [0.15, 0.2) is 0 Å². The van der Waals surface area contributed by atoms with E-state index >= 15 is 0 Å². The van der Waals surface area contributed by atoms with Crippen LogP contribution in [0.25, 0.3) is 0 Å². The molecule has 0 bridgehead atoms. The van der Waals surface area contributed by atoms with Gasteiger partial charge >= 0.3 is 5.97 Å². The minimum atomic E-state index is -0.197. The molecule has 0 atom stereocenters. The molecule has 5 heteroatoms. The highest BCUT2D eigenvalue weighted by Gasteiger charge is 2.16. The van der Waals surface area contributed by atoms with Gasteiger partial charge in [0, 0.05) is 18.7 Å². The second-order valence-electron chi connectivity index (χ2n) is 6.06. The van der Waals surface area contributed by atoms with Crippen LogP contribution in [0.15, 0.2) is 53.6 Å². The zero-order valence-electron chi connectivity index (χ0n) is 14.7. The van der Waals surface area contributed by atoms with Crippen molar-refractivity contribution in [1.29, 1.82) is 0 Å². The van der Waals surface area contributed by atoms with Crippen LogP contribution in [0.5, 0.6) is 0 Å². The summed E-state index contributed by atoms with van der Waals surface area (Å²) in [5, 5.41) is 10.0. The van der Waals surface area contributed by atoms with Gasteiger partial charge in [-0.15, -0.1) is 0 Å². The van der Waals surface area contributed by atoms with E-state index in [-0.39, 0.29) is 5.97 Å². The molecule has 0 aromatic heterocycles. The van der Waals surface area contributed by atoms with Crippen molar-refractivity contribution >= 4 is 23.2 Å². The minimum Gasteiger partial charge on any atom is -0.466 e. The lowest BCUT2D eigenvalue weighted by atomic mass is 10.1. The summed E-state index contributed by atoms with van der Waals surface area (Å²) >= 11 is 0. The number of carbonyl (C=O) groups is 1. The second-order valence-corrected chi connectivity index (χ2v) is 6.06. The molecule has 0 saturated heterocycles. The van der Waals surface area contributed by atoms with E-state index < -0.39 is 0 Å². The zero-order valence-corrected chi connectivity index (χ0v) is 14.7. The molecule has 1 aliphatic rings. The molecule has 1 aliphatic heterocycles. The van der Waals surface area contributed by atoms with Crippen molar-refractivity contribution in [2.45, 2.75) is 26.7 Å². The summed E-state index contributed by atoms with van der Waals surface area (Å²) in [7, 11) is 0. The largest absolute Gasteiger partial charge is 0.466 e. The number of benzene rings is 2. The van der Waals surface area contributed by atoms with Crippen molar-refractivity contribution in [2.24, 2.45) is 5.10 Å². The van der Waals surface area contributed by atoms with Gasteiger partial charge in [-0.25, -0.2) is 0 Å². The van der Waals surface area contributed by atoms with Crippen LogP contribution in [-0.2, 0) is 16.0 Å². The molecule has 5 nitrogen and oxygen atoms in total. The van der Waals surface area contributed by atoms with Gasteiger partial charge in [-0.1, -0.05) is 29.8 Å². The van der Waals surface area contributed by atoms with E-state index in [1.807, 2.05) is 36.2 Å². The van der Waals surface area contributed by atoms with Crippen molar-refractivity contribution < 1.29 is 9.53 Å². The predicted octanol–water partition coefficient (Wildman–Crippen LogP) is 3.74. The number of nitrogens with one attached hydrogen (secondary N) is 1. The van der Waals surface area contributed by atoms with Crippen molar-refractivity contribution in [3.8, 4) is 0 Å². The highest BCUT2D eigenvalue weighted by atomic mass is 16.5. The summed E-state index contributed by atoms with van der Waals surface area (Å²) in [5.41, 5.74) is 4.26. The van der Waals surface area contributed by atoms with E-state index in [0.29, 0.717) is 13.0 Å². The highest BCUT2D eigenvalue weighted by Crippen LogP contribution is 2.21. The molecule has 1 heterocycles.